The second kappa shape index (κ2) is 8.03. The van der Waals surface area contributed by atoms with Crippen LogP contribution in [0.3, 0.4) is 0 Å². The minimum absolute atomic E-state index is 0.276. The number of hydrogen-bond donors (Lipinski definition) is 1. The maximum Gasteiger partial charge on any atom is 0.416 e. The van der Waals surface area contributed by atoms with E-state index >= 15 is 0 Å². The minimum atomic E-state index is -4.39. The molecule has 2 aromatic carbocycles. The zero-order chi connectivity index (χ0) is 19.3. The predicted molar refractivity (Wildman–Crippen MR) is 97.2 cm³/mol. The lowest BCUT2D eigenvalue weighted by Crippen LogP contribution is -2.26. The molecule has 6 heteroatoms. The molecule has 0 radical (unpaired) electrons. The first-order valence-electron chi connectivity index (χ1n) is 8.40. The van der Waals surface area contributed by atoms with Crippen molar-refractivity contribution in [1.29, 1.82) is 0 Å². The molecular weight excluding hydrogens is 353 g/mol. The fraction of sp³-hybridized carbons (Fsp3) is 0.143. The molecule has 27 heavy (non-hydrogen) atoms. The molecule has 138 valence electrons. The number of hydrogen-bond acceptors (Lipinski definition) is 2. The molecule has 0 aliphatic rings. The summed E-state index contributed by atoms with van der Waals surface area (Å²) in [5.41, 5.74) is 1.70. The van der Waals surface area contributed by atoms with E-state index in [9.17, 15) is 18.0 Å². The van der Waals surface area contributed by atoms with Crippen LogP contribution in [0, 0.1) is 0 Å². The first-order valence-corrected chi connectivity index (χ1v) is 8.40. The van der Waals surface area contributed by atoms with Crippen LogP contribution in [-0.4, -0.2) is 17.4 Å². The standard InChI is InChI=1S/C21H17F3N2O/c22-21(23,24)16-10-8-15(9-11-16)18-6-1-2-7-19(18)20(27)26-14-12-17-5-3-4-13-25-17/h1-11,13H,12,14H2,(H,26,27). The number of halogens is 3. The lowest BCUT2D eigenvalue weighted by atomic mass is 9.98. The average Bonchev–Trinajstić information content (AvgIpc) is 2.68. The van der Waals surface area contributed by atoms with Crippen LogP contribution in [0.5, 0.6) is 0 Å². The molecule has 3 aromatic rings. The van der Waals surface area contributed by atoms with Crippen LogP contribution < -0.4 is 5.32 Å². The normalized spacial score (nSPS) is 11.2. The van der Waals surface area contributed by atoms with E-state index in [0.29, 0.717) is 29.7 Å². The van der Waals surface area contributed by atoms with Crippen LogP contribution in [0.25, 0.3) is 11.1 Å². The summed E-state index contributed by atoms with van der Waals surface area (Å²) in [5, 5.41) is 2.83. The van der Waals surface area contributed by atoms with Crippen molar-refractivity contribution in [2.24, 2.45) is 0 Å². The minimum Gasteiger partial charge on any atom is -0.352 e. The van der Waals surface area contributed by atoms with Crippen molar-refractivity contribution >= 4 is 5.91 Å². The highest BCUT2D eigenvalue weighted by Crippen LogP contribution is 2.31. The van der Waals surface area contributed by atoms with Crippen LogP contribution >= 0.6 is 0 Å². The van der Waals surface area contributed by atoms with E-state index in [4.69, 9.17) is 0 Å². The van der Waals surface area contributed by atoms with Crippen LogP contribution in [0.1, 0.15) is 21.6 Å². The fourth-order valence-electron chi connectivity index (χ4n) is 2.72. The Kier molecular flexibility index (Phi) is 5.54. The summed E-state index contributed by atoms with van der Waals surface area (Å²) < 4.78 is 38.2. The second-order valence-electron chi connectivity index (χ2n) is 5.95. The Morgan fingerprint density at radius 1 is 0.926 bits per heavy atom. The quantitative estimate of drug-likeness (QED) is 0.705. The molecule has 0 saturated heterocycles. The van der Waals surface area contributed by atoms with Crippen molar-refractivity contribution in [3.8, 4) is 11.1 Å². The third-order valence-corrected chi connectivity index (χ3v) is 4.09. The third-order valence-electron chi connectivity index (χ3n) is 4.09. The maximum absolute atomic E-state index is 12.7. The monoisotopic (exact) mass is 370 g/mol. The Bertz CT molecular complexity index is 907. The summed E-state index contributed by atoms with van der Waals surface area (Å²) in [4.78, 5) is 16.7. The molecule has 1 heterocycles. The number of alkyl halides is 3. The molecule has 1 N–H and O–H groups in total. The van der Waals surface area contributed by atoms with Gasteiger partial charge in [-0.3, -0.25) is 9.78 Å². The van der Waals surface area contributed by atoms with Gasteiger partial charge in [0.05, 0.1) is 5.56 Å². The lowest BCUT2D eigenvalue weighted by molar-refractivity contribution is -0.137. The van der Waals surface area contributed by atoms with Crippen LogP contribution in [-0.2, 0) is 12.6 Å². The number of amides is 1. The zero-order valence-corrected chi connectivity index (χ0v) is 14.3. The van der Waals surface area contributed by atoms with Gasteiger partial charge in [0.25, 0.3) is 5.91 Å². The average molecular weight is 370 g/mol. The fourth-order valence-corrected chi connectivity index (χ4v) is 2.72. The van der Waals surface area contributed by atoms with E-state index in [2.05, 4.69) is 10.3 Å². The van der Waals surface area contributed by atoms with Gasteiger partial charge in [0.2, 0.25) is 0 Å². The van der Waals surface area contributed by atoms with Crippen LogP contribution in [0.2, 0.25) is 0 Å². The number of carbonyl (C=O) groups is 1. The van der Waals surface area contributed by atoms with Gasteiger partial charge in [-0.2, -0.15) is 13.2 Å². The van der Waals surface area contributed by atoms with Crippen molar-refractivity contribution in [3.05, 3.63) is 89.7 Å². The second-order valence-corrected chi connectivity index (χ2v) is 5.95. The van der Waals surface area contributed by atoms with Crippen molar-refractivity contribution < 1.29 is 18.0 Å². The number of benzene rings is 2. The number of nitrogens with zero attached hydrogens (tertiary/aromatic N) is 1. The summed E-state index contributed by atoms with van der Waals surface area (Å²) >= 11 is 0. The number of aromatic nitrogens is 1. The summed E-state index contributed by atoms with van der Waals surface area (Å²) in [6.07, 6.45) is -2.10. The maximum atomic E-state index is 12.7. The van der Waals surface area contributed by atoms with Crippen molar-refractivity contribution in [1.82, 2.24) is 10.3 Å². The summed E-state index contributed by atoms with van der Waals surface area (Å²) in [5.74, 6) is -0.276. The van der Waals surface area contributed by atoms with Crippen LogP contribution in [0.15, 0.2) is 72.9 Å². The van der Waals surface area contributed by atoms with Crippen molar-refractivity contribution in [3.63, 3.8) is 0 Å². The molecular formula is C21H17F3N2O. The largest absolute Gasteiger partial charge is 0.416 e. The molecule has 0 aliphatic heterocycles. The van der Waals surface area contributed by atoms with Crippen LogP contribution in [0.4, 0.5) is 13.2 Å². The van der Waals surface area contributed by atoms with Crippen molar-refractivity contribution in [2.45, 2.75) is 12.6 Å². The van der Waals surface area contributed by atoms with Gasteiger partial charge in [0.15, 0.2) is 0 Å². The first-order chi connectivity index (χ1) is 12.9. The Labute approximate surface area is 154 Å². The number of rotatable bonds is 5. The van der Waals surface area contributed by atoms with Gasteiger partial charge >= 0.3 is 6.18 Å². The predicted octanol–water partition coefficient (Wildman–Crippen LogP) is 4.74. The van der Waals surface area contributed by atoms with E-state index in [0.717, 1.165) is 17.8 Å². The van der Waals surface area contributed by atoms with Gasteiger partial charge in [-0.05, 0) is 41.5 Å². The Hall–Kier alpha value is -3.15. The number of carbonyl (C=O) groups excluding carboxylic acids is 1. The first kappa shape index (κ1) is 18.6. The molecule has 0 atom stereocenters. The molecule has 3 rings (SSSR count). The Morgan fingerprint density at radius 3 is 2.30 bits per heavy atom. The third kappa shape index (κ3) is 4.73. The molecule has 0 saturated carbocycles. The van der Waals surface area contributed by atoms with Gasteiger partial charge in [0.1, 0.15) is 0 Å². The van der Waals surface area contributed by atoms with E-state index in [1.807, 2.05) is 18.2 Å². The van der Waals surface area contributed by atoms with E-state index in [-0.39, 0.29) is 5.91 Å². The van der Waals surface area contributed by atoms with Gasteiger partial charge in [-0.25, -0.2) is 0 Å². The van der Waals surface area contributed by atoms with E-state index in [1.165, 1.54) is 12.1 Å². The van der Waals surface area contributed by atoms with E-state index in [1.54, 1.807) is 30.5 Å². The van der Waals surface area contributed by atoms with Gasteiger partial charge < -0.3 is 5.32 Å². The molecule has 1 aromatic heterocycles. The summed E-state index contributed by atoms with van der Waals surface area (Å²) in [6, 6.07) is 17.2. The van der Waals surface area contributed by atoms with Gasteiger partial charge in [0, 0.05) is 30.4 Å². The van der Waals surface area contributed by atoms with E-state index < -0.39 is 11.7 Å². The number of nitrogens with one attached hydrogen (secondary N) is 1. The molecule has 0 unspecified atom stereocenters. The van der Waals surface area contributed by atoms with Gasteiger partial charge in [-0.15, -0.1) is 0 Å². The molecule has 0 aliphatic carbocycles. The summed E-state index contributed by atoms with van der Waals surface area (Å²) in [7, 11) is 0. The van der Waals surface area contributed by atoms with Gasteiger partial charge in [-0.1, -0.05) is 36.4 Å². The van der Waals surface area contributed by atoms with Crippen molar-refractivity contribution in [2.75, 3.05) is 6.54 Å². The SMILES string of the molecule is O=C(NCCc1ccccn1)c1ccccc1-c1ccc(C(F)(F)F)cc1. The number of pyridine rings is 1. The molecule has 3 nitrogen and oxygen atoms in total. The molecule has 0 fully saturated rings. The Morgan fingerprint density at radius 2 is 1.63 bits per heavy atom. The highest BCUT2D eigenvalue weighted by Gasteiger charge is 2.30. The molecule has 0 spiro atoms. The lowest BCUT2D eigenvalue weighted by Gasteiger charge is -2.12. The zero-order valence-electron chi connectivity index (χ0n) is 14.3. The topological polar surface area (TPSA) is 42.0 Å². The molecule has 0 bridgehead atoms. The smallest absolute Gasteiger partial charge is 0.352 e. The Balaban J connectivity index is 1.74. The highest BCUT2D eigenvalue weighted by atomic mass is 19.4. The highest BCUT2D eigenvalue weighted by molar-refractivity contribution is 6.00. The molecule has 1 amide bonds. The summed E-state index contributed by atoms with van der Waals surface area (Å²) in [6.45, 7) is 0.414.